The highest BCUT2D eigenvalue weighted by atomic mass is 35.5. The van der Waals surface area contributed by atoms with Crippen LogP contribution in [0.4, 0.5) is 4.39 Å². The molecule has 1 saturated heterocycles. The van der Waals surface area contributed by atoms with Gasteiger partial charge in [0.05, 0.1) is 0 Å². The molecule has 1 aromatic carbocycles. The fraction of sp³-hybridized carbons (Fsp3) is 0.417. The first-order valence-corrected chi connectivity index (χ1v) is 5.60. The Labute approximate surface area is 111 Å². The molecule has 6 heteroatoms. The van der Waals surface area contributed by atoms with Gasteiger partial charge >= 0.3 is 0 Å². The lowest BCUT2D eigenvalue weighted by Crippen LogP contribution is -2.48. The highest BCUT2D eigenvalue weighted by Gasteiger charge is 2.17. The van der Waals surface area contributed by atoms with E-state index in [-0.39, 0.29) is 30.7 Å². The molecule has 100 valence electrons. The minimum atomic E-state index is -0.320. The van der Waals surface area contributed by atoms with E-state index in [0.717, 1.165) is 13.1 Å². The van der Waals surface area contributed by atoms with Crippen molar-refractivity contribution >= 4 is 18.3 Å². The Hall–Kier alpha value is -1.33. The monoisotopic (exact) mass is 274 g/mol. The molecular formula is C12H16ClFN2O2. The van der Waals surface area contributed by atoms with Crippen LogP contribution in [0, 0.1) is 11.7 Å². The van der Waals surface area contributed by atoms with Crippen molar-refractivity contribution in [2.24, 2.45) is 5.92 Å². The maximum Gasteiger partial charge on any atom is 0.257 e. The van der Waals surface area contributed by atoms with Crippen molar-refractivity contribution in [2.75, 3.05) is 26.2 Å². The predicted molar refractivity (Wildman–Crippen MR) is 68.5 cm³/mol. The zero-order chi connectivity index (χ0) is 12.1. The molecule has 4 nitrogen and oxygen atoms in total. The van der Waals surface area contributed by atoms with E-state index < -0.39 is 0 Å². The number of nitrogens with one attached hydrogen (secondary N) is 2. The molecule has 1 aromatic rings. The van der Waals surface area contributed by atoms with Gasteiger partial charge in [0.2, 0.25) is 0 Å². The Bertz CT molecular complexity index is 382. The summed E-state index contributed by atoms with van der Waals surface area (Å²) in [5, 5.41) is 5.92. The van der Waals surface area contributed by atoms with E-state index >= 15 is 0 Å². The summed E-state index contributed by atoms with van der Waals surface area (Å²) in [7, 11) is 0. The van der Waals surface area contributed by atoms with Gasteiger partial charge in [0, 0.05) is 25.6 Å². The molecule has 1 heterocycles. The maximum absolute atomic E-state index is 12.6. The van der Waals surface area contributed by atoms with Gasteiger partial charge in [0.15, 0.2) is 6.61 Å². The van der Waals surface area contributed by atoms with Gasteiger partial charge in [-0.1, -0.05) is 0 Å². The molecule has 0 saturated carbocycles. The van der Waals surface area contributed by atoms with Crippen molar-refractivity contribution in [3.8, 4) is 5.75 Å². The fourth-order valence-corrected chi connectivity index (χ4v) is 1.48. The predicted octanol–water partition coefficient (Wildman–Crippen LogP) is 0.962. The van der Waals surface area contributed by atoms with Crippen molar-refractivity contribution in [3.05, 3.63) is 30.1 Å². The van der Waals surface area contributed by atoms with E-state index in [1.54, 1.807) is 0 Å². The summed E-state index contributed by atoms with van der Waals surface area (Å²) in [6.45, 7) is 2.56. The van der Waals surface area contributed by atoms with Crippen LogP contribution in [-0.4, -0.2) is 32.1 Å². The largest absolute Gasteiger partial charge is 0.484 e. The molecule has 0 unspecified atom stereocenters. The Morgan fingerprint density at radius 3 is 2.61 bits per heavy atom. The first kappa shape index (κ1) is 14.7. The molecule has 0 aliphatic carbocycles. The van der Waals surface area contributed by atoms with Crippen molar-refractivity contribution in [1.29, 1.82) is 0 Å². The number of amides is 1. The summed E-state index contributed by atoms with van der Waals surface area (Å²) in [5.41, 5.74) is 0. The normalized spacial score (nSPS) is 14.3. The summed E-state index contributed by atoms with van der Waals surface area (Å²) < 4.78 is 17.8. The number of hydrogen-bond acceptors (Lipinski definition) is 3. The molecule has 0 atom stereocenters. The Kier molecular flexibility index (Phi) is 5.88. The van der Waals surface area contributed by atoms with Crippen molar-refractivity contribution in [1.82, 2.24) is 10.6 Å². The van der Waals surface area contributed by atoms with E-state index in [9.17, 15) is 9.18 Å². The molecule has 2 rings (SSSR count). The van der Waals surface area contributed by atoms with E-state index in [0.29, 0.717) is 18.2 Å². The van der Waals surface area contributed by atoms with Gasteiger partial charge in [-0.15, -0.1) is 12.4 Å². The van der Waals surface area contributed by atoms with E-state index in [1.807, 2.05) is 0 Å². The highest BCUT2D eigenvalue weighted by Crippen LogP contribution is 2.10. The Morgan fingerprint density at radius 2 is 2.06 bits per heavy atom. The van der Waals surface area contributed by atoms with Crippen molar-refractivity contribution in [2.45, 2.75) is 0 Å². The quantitative estimate of drug-likeness (QED) is 0.841. The number of halogens is 2. The topological polar surface area (TPSA) is 50.4 Å². The van der Waals surface area contributed by atoms with Crippen molar-refractivity contribution < 1.29 is 13.9 Å². The van der Waals surface area contributed by atoms with Crippen molar-refractivity contribution in [3.63, 3.8) is 0 Å². The lowest BCUT2D eigenvalue weighted by Gasteiger charge is -2.27. The number of hydrogen-bond donors (Lipinski definition) is 2. The average molecular weight is 275 g/mol. The molecular weight excluding hydrogens is 259 g/mol. The van der Waals surface area contributed by atoms with Crippen LogP contribution in [0.15, 0.2) is 24.3 Å². The number of rotatable bonds is 5. The first-order valence-electron chi connectivity index (χ1n) is 5.60. The molecule has 1 amide bonds. The number of benzene rings is 1. The second kappa shape index (κ2) is 7.18. The van der Waals surface area contributed by atoms with Gasteiger partial charge in [-0.3, -0.25) is 4.79 Å². The summed E-state index contributed by atoms with van der Waals surface area (Å²) in [5.74, 6) is 0.553. The van der Waals surface area contributed by atoms with Crippen LogP contribution in [-0.2, 0) is 4.79 Å². The maximum atomic E-state index is 12.6. The molecule has 0 spiro atoms. The van der Waals surface area contributed by atoms with Gasteiger partial charge in [0.1, 0.15) is 11.6 Å². The minimum absolute atomic E-state index is 0. The van der Waals surface area contributed by atoms with Crippen LogP contribution in [0.1, 0.15) is 0 Å². The summed E-state index contributed by atoms with van der Waals surface area (Å²) in [6, 6.07) is 5.59. The summed E-state index contributed by atoms with van der Waals surface area (Å²) >= 11 is 0. The van der Waals surface area contributed by atoms with Crippen LogP contribution in [0.3, 0.4) is 0 Å². The molecule has 0 radical (unpaired) electrons. The lowest BCUT2D eigenvalue weighted by molar-refractivity contribution is -0.123. The highest BCUT2D eigenvalue weighted by molar-refractivity contribution is 5.85. The van der Waals surface area contributed by atoms with Crippen LogP contribution < -0.4 is 15.4 Å². The molecule has 0 aromatic heterocycles. The summed E-state index contributed by atoms with van der Waals surface area (Å²) in [6.07, 6.45) is 0. The third kappa shape index (κ3) is 4.50. The molecule has 1 fully saturated rings. The molecule has 0 bridgehead atoms. The molecule has 2 N–H and O–H groups in total. The third-order valence-electron chi connectivity index (χ3n) is 2.64. The van der Waals surface area contributed by atoms with E-state index in [4.69, 9.17) is 4.74 Å². The second-order valence-corrected chi connectivity index (χ2v) is 4.07. The van der Waals surface area contributed by atoms with Crippen LogP contribution in [0.25, 0.3) is 0 Å². The zero-order valence-electron chi connectivity index (χ0n) is 9.82. The van der Waals surface area contributed by atoms with E-state index in [1.165, 1.54) is 24.3 Å². The van der Waals surface area contributed by atoms with Gasteiger partial charge < -0.3 is 15.4 Å². The third-order valence-corrected chi connectivity index (χ3v) is 2.64. The van der Waals surface area contributed by atoms with Crippen LogP contribution in [0.2, 0.25) is 0 Å². The SMILES string of the molecule is Cl.O=C(COc1ccc(F)cc1)NCC1CNC1. The lowest BCUT2D eigenvalue weighted by atomic mass is 10.0. The summed E-state index contributed by atoms with van der Waals surface area (Å²) in [4.78, 5) is 11.4. The van der Waals surface area contributed by atoms with Gasteiger partial charge in [-0.05, 0) is 24.3 Å². The van der Waals surface area contributed by atoms with Crippen LogP contribution in [0.5, 0.6) is 5.75 Å². The van der Waals surface area contributed by atoms with Gasteiger partial charge in [0.25, 0.3) is 5.91 Å². The second-order valence-electron chi connectivity index (χ2n) is 4.07. The Morgan fingerprint density at radius 1 is 1.39 bits per heavy atom. The molecule has 1 aliphatic rings. The van der Waals surface area contributed by atoms with Gasteiger partial charge in [-0.2, -0.15) is 0 Å². The smallest absolute Gasteiger partial charge is 0.257 e. The standard InChI is InChI=1S/C12H15FN2O2.ClH/c13-10-1-3-11(4-2-10)17-8-12(16)15-7-9-5-14-6-9;/h1-4,9,14H,5-8H2,(H,15,16);1H. The number of ether oxygens (including phenoxy) is 1. The number of carbonyl (C=O) groups is 1. The number of carbonyl (C=O) groups excluding carboxylic acids is 1. The molecule has 1 aliphatic heterocycles. The van der Waals surface area contributed by atoms with Crippen LogP contribution >= 0.6 is 12.4 Å². The Balaban J connectivity index is 0.00000162. The fourth-order valence-electron chi connectivity index (χ4n) is 1.48. The average Bonchev–Trinajstić information content (AvgIpc) is 2.26. The minimum Gasteiger partial charge on any atom is -0.484 e. The van der Waals surface area contributed by atoms with E-state index in [2.05, 4.69) is 10.6 Å². The van der Waals surface area contributed by atoms with Gasteiger partial charge in [-0.25, -0.2) is 4.39 Å². The zero-order valence-corrected chi connectivity index (χ0v) is 10.6. The first-order chi connectivity index (χ1) is 8.24. The molecule has 18 heavy (non-hydrogen) atoms.